The predicted octanol–water partition coefficient (Wildman–Crippen LogP) is 3.61. The van der Waals surface area contributed by atoms with Crippen LogP contribution in [0.5, 0.6) is 11.5 Å². The molecule has 1 aromatic heterocycles. The van der Waals surface area contributed by atoms with Crippen LogP contribution in [0.1, 0.15) is 11.3 Å². The molecule has 3 rings (SSSR count). The Morgan fingerprint density at radius 2 is 1.67 bits per heavy atom. The van der Waals surface area contributed by atoms with Gasteiger partial charge in [0.1, 0.15) is 22.9 Å². The number of carbonyl (C=O) groups is 1. The molecule has 0 bridgehead atoms. The molecule has 0 aliphatic carbocycles. The molecular weight excluding hydrogens is 468 g/mol. The number of ether oxygens (including phenoxy) is 2. The number of nitrogens with one attached hydrogen (secondary N) is 1. The number of carbonyl (C=O) groups excluding carboxylic acids is 1. The second-order valence-corrected chi connectivity index (χ2v) is 9.53. The first kappa shape index (κ1) is 24.3. The lowest BCUT2D eigenvalue weighted by atomic mass is 10.2. The highest BCUT2D eigenvalue weighted by Gasteiger charge is 2.26. The molecule has 10 heteroatoms. The van der Waals surface area contributed by atoms with Gasteiger partial charge in [0.15, 0.2) is 0 Å². The van der Waals surface area contributed by atoms with Crippen LogP contribution >= 0.6 is 11.6 Å². The molecule has 0 saturated carbocycles. The number of rotatable bonds is 7. The van der Waals surface area contributed by atoms with E-state index in [1.807, 2.05) is 0 Å². The van der Waals surface area contributed by atoms with Crippen molar-refractivity contribution in [3.05, 3.63) is 75.2 Å². The van der Waals surface area contributed by atoms with Crippen LogP contribution in [-0.2, 0) is 21.2 Å². The second-order valence-electron chi connectivity index (χ2n) is 7.24. The zero-order valence-electron chi connectivity index (χ0n) is 18.5. The number of nitrogens with zero attached hydrogens (tertiary/aromatic N) is 1. The van der Waals surface area contributed by atoms with Crippen molar-refractivity contribution in [2.45, 2.75) is 30.2 Å². The highest BCUT2D eigenvalue weighted by Crippen LogP contribution is 2.35. The molecule has 174 valence electrons. The largest absolute Gasteiger partial charge is 0.495 e. The third kappa shape index (κ3) is 4.89. The first-order valence-electron chi connectivity index (χ1n) is 9.82. The number of anilines is 1. The summed E-state index contributed by atoms with van der Waals surface area (Å²) in [6.45, 7) is 2.78. The molecule has 2 aromatic carbocycles. The summed E-state index contributed by atoms with van der Waals surface area (Å²) < 4.78 is 37.8. The monoisotopic (exact) mass is 490 g/mol. The topological polar surface area (TPSA) is 104 Å². The first-order chi connectivity index (χ1) is 15.6. The Labute approximate surface area is 196 Å². The van der Waals surface area contributed by atoms with Crippen LogP contribution in [0.4, 0.5) is 5.69 Å². The molecule has 1 amide bonds. The first-order valence-corrected chi connectivity index (χ1v) is 11.7. The second kappa shape index (κ2) is 9.68. The SMILES string of the molecule is COc1cc(OC)c(NC(=O)Cn2c(C)cc(C)c(S(=O)(=O)c3ccccc3)c2=O)cc1Cl. The number of benzene rings is 2. The molecule has 3 aromatic rings. The van der Waals surface area contributed by atoms with Crippen LogP contribution in [-0.4, -0.2) is 33.1 Å². The predicted molar refractivity (Wildman–Crippen MR) is 125 cm³/mol. The van der Waals surface area contributed by atoms with Crippen molar-refractivity contribution < 1.29 is 22.7 Å². The molecule has 0 saturated heterocycles. The minimum atomic E-state index is -4.07. The molecule has 0 fully saturated rings. The normalized spacial score (nSPS) is 11.2. The number of hydrogen-bond donors (Lipinski definition) is 1. The number of methoxy groups -OCH3 is 2. The summed E-state index contributed by atoms with van der Waals surface area (Å²) in [6, 6.07) is 12.2. The van der Waals surface area contributed by atoms with E-state index in [1.165, 1.54) is 38.5 Å². The Bertz CT molecular complexity index is 1370. The number of aryl methyl sites for hydroxylation is 2. The Balaban J connectivity index is 1.99. The minimum Gasteiger partial charge on any atom is -0.495 e. The Kier molecular flexibility index (Phi) is 7.14. The van der Waals surface area contributed by atoms with Crippen LogP contribution < -0.4 is 20.3 Å². The fourth-order valence-electron chi connectivity index (χ4n) is 3.44. The van der Waals surface area contributed by atoms with E-state index in [4.69, 9.17) is 21.1 Å². The molecule has 0 spiro atoms. The van der Waals surface area contributed by atoms with Gasteiger partial charge < -0.3 is 19.4 Å². The zero-order valence-corrected chi connectivity index (χ0v) is 20.1. The summed E-state index contributed by atoms with van der Waals surface area (Å²) in [6.07, 6.45) is 0. The van der Waals surface area contributed by atoms with Gasteiger partial charge >= 0.3 is 0 Å². The van der Waals surface area contributed by atoms with Gasteiger partial charge in [0.2, 0.25) is 15.7 Å². The summed E-state index contributed by atoms with van der Waals surface area (Å²) in [4.78, 5) is 25.6. The summed E-state index contributed by atoms with van der Waals surface area (Å²) in [5, 5.41) is 2.91. The number of amides is 1. The Morgan fingerprint density at radius 3 is 2.27 bits per heavy atom. The minimum absolute atomic E-state index is 0.00247. The van der Waals surface area contributed by atoms with Crippen molar-refractivity contribution in [1.82, 2.24) is 4.57 Å². The number of sulfone groups is 1. The maximum atomic E-state index is 13.2. The highest BCUT2D eigenvalue weighted by molar-refractivity contribution is 7.91. The van der Waals surface area contributed by atoms with Crippen LogP contribution in [0, 0.1) is 13.8 Å². The van der Waals surface area contributed by atoms with Gasteiger partial charge in [0, 0.05) is 11.8 Å². The van der Waals surface area contributed by atoms with Gasteiger partial charge in [0.05, 0.1) is 29.8 Å². The summed E-state index contributed by atoms with van der Waals surface area (Å²) in [5.74, 6) is 0.115. The standard InChI is InChI=1S/C23H23ClN2O6S/c1-14-10-15(2)26(23(28)22(14)33(29,30)16-8-6-5-7-9-16)13-21(27)25-18-11-17(24)19(31-3)12-20(18)32-4/h5-12H,13H2,1-4H3,(H,25,27). The molecule has 0 aliphatic heterocycles. The van der Waals surface area contributed by atoms with Gasteiger partial charge in [0.25, 0.3) is 5.56 Å². The number of hydrogen-bond acceptors (Lipinski definition) is 6. The van der Waals surface area contributed by atoms with E-state index in [2.05, 4.69) is 5.32 Å². The summed E-state index contributed by atoms with van der Waals surface area (Å²) in [7, 11) is -1.20. The number of halogens is 1. The van der Waals surface area contributed by atoms with E-state index in [-0.39, 0.29) is 20.5 Å². The average Bonchev–Trinajstić information content (AvgIpc) is 2.77. The Hall–Kier alpha value is -3.30. The fraction of sp³-hybridized carbons (Fsp3) is 0.217. The molecule has 1 N–H and O–H groups in total. The third-order valence-corrected chi connectivity index (χ3v) is 7.24. The van der Waals surface area contributed by atoms with Gasteiger partial charge in [-0.15, -0.1) is 0 Å². The van der Waals surface area contributed by atoms with Crippen molar-refractivity contribution in [3.8, 4) is 11.5 Å². The van der Waals surface area contributed by atoms with Crippen LogP contribution in [0.2, 0.25) is 5.02 Å². The molecular formula is C23H23ClN2O6S. The third-order valence-electron chi connectivity index (χ3n) is 5.02. The van der Waals surface area contributed by atoms with E-state index in [0.29, 0.717) is 22.8 Å². The van der Waals surface area contributed by atoms with Crippen LogP contribution in [0.3, 0.4) is 0 Å². The van der Waals surface area contributed by atoms with E-state index < -0.39 is 27.8 Å². The van der Waals surface area contributed by atoms with Crippen LogP contribution in [0.25, 0.3) is 0 Å². The van der Waals surface area contributed by atoms with Crippen LogP contribution in [0.15, 0.2) is 63.1 Å². The number of aromatic nitrogens is 1. The lowest BCUT2D eigenvalue weighted by Gasteiger charge is -2.16. The maximum Gasteiger partial charge on any atom is 0.270 e. The summed E-state index contributed by atoms with van der Waals surface area (Å²) >= 11 is 6.15. The fourth-order valence-corrected chi connectivity index (χ4v) is 5.26. The van der Waals surface area contributed by atoms with Gasteiger partial charge in [-0.3, -0.25) is 9.59 Å². The quantitative estimate of drug-likeness (QED) is 0.542. The Morgan fingerprint density at radius 1 is 1.03 bits per heavy atom. The molecule has 0 radical (unpaired) electrons. The van der Waals surface area contributed by atoms with E-state index in [0.717, 1.165) is 4.57 Å². The molecule has 8 nitrogen and oxygen atoms in total. The van der Waals surface area contributed by atoms with Crippen molar-refractivity contribution in [3.63, 3.8) is 0 Å². The van der Waals surface area contributed by atoms with E-state index >= 15 is 0 Å². The molecule has 0 unspecified atom stereocenters. The summed E-state index contributed by atoms with van der Waals surface area (Å²) in [5.41, 5.74) is 0.260. The molecule has 0 atom stereocenters. The van der Waals surface area contributed by atoms with Gasteiger partial charge in [-0.1, -0.05) is 29.8 Å². The van der Waals surface area contributed by atoms with Gasteiger partial charge in [-0.2, -0.15) is 0 Å². The van der Waals surface area contributed by atoms with Crippen molar-refractivity contribution in [2.75, 3.05) is 19.5 Å². The molecule has 0 aliphatic rings. The van der Waals surface area contributed by atoms with Gasteiger partial charge in [-0.05, 0) is 43.7 Å². The van der Waals surface area contributed by atoms with Crippen molar-refractivity contribution in [1.29, 1.82) is 0 Å². The molecule has 33 heavy (non-hydrogen) atoms. The average molecular weight is 491 g/mol. The maximum absolute atomic E-state index is 13.2. The van der Waals surface area contributed by atoms with E-state index in [1.54, 1.807) is 38.1 Å². The van der Waals surface area contributed by atoms with E-state index in [9.17, 15) is 18.0 Å². The molecule has 1 heterocycles. The van der Waals surface area contributed by atoms with Crippen molar-refractivity contribution in [2.24, 2.45) is 0 Å². The van der Waals surface area contributed by atoms with Crippen molar-refractivity contribution >= 4 is 33.0 Å². The highest BCUT2D eigenvalue weighted by atomic mass is 35.5. The number of pyridine rings is 1. The lowest BCUT2D eigenvalue weighted by molar-refractivity contribution is -0.116. The smallest absolute Gasteiger partial charge is 0.270 e. The zero-order chi connectivity index (χ0) is 24.3. The van der Waals surface area contributed by atoms with Gasteiger partial charge in [-0.25, -0.2) is 8.42 Å². The lowest BCUT2D eigenvalue weighted by Crippen LogP contribution is -2.33.